The van der Waals surface area contributed by atoms with Gasteiger partial charge in [0.25, 0.3) is 0 Å². The summed E-state index contributed by atoms with van der Waals surface area (Å²) in [6, 6.07) is 7.13. The van der Waals surface area contributed by atoms with Gasteiger partial charge in [0.05, 0.1) is 13.0 Å². The molecule has 118 valence electrons. The normalized spacial score (nSPS) is 12.1. The molecule has 0 radical (unpaired) electrons. The number of amides is 1. The first-order chi connectivity index (χ1) is 9.57. The number of benzene rings is 1. The number of carbonyl (C=O) groups excluding carboxylic acids is 1. The van der Waals surface area contributed by atoms with Crippen LogP contribution in [0.5, 0.6) is 5.75 Å². The summed E-state index contributed by atoms with van der Waals surface area (Å²) in [4.78, 5) is 12.0. The molecule has 1 aromatic carbocycles. The van der Waals surface area contributed by atoms with Crippen LogP contribution in [0, 0.1) is 5.41 Å². The Morgan fingerprint density at radius 3 is 2.24 bits per heavy atom. The molecule has 0 unspecified atom stereocenters. The Hall–Kier alpha value is -1.22. The van der Waals surface area contributed by atoms with Gasteiger partial charge in [-0.1, -0.05) is 32.4 Å². The van der Waals surface area contributed by atoms with Crippen molar-refractivity contribution in [2.75, 3.05) is 6.61 Å². The molecule has 0 bridgehead atoms. The zero-order valence-corrected chi connectivity index (χ0v) is 14.4. The fourth-order valence-corrected chi connectivity index (χ4v) is 2.73. The molecule has 0 fully saturated rings. The number of carbonyl (C=O) groups is 1. The van der Waals surface area contributed by atoms with E-state index in [0.29, 0.717) is 18.1 Å². The first kappa shape index (κ1) is 17.8. The second-order valence-electron chi connectivity index (χ2n) is 7.22. The first-order valence-corrected chi connectivity index (χ1v) is 7.65. The van der Waals surface area contributed by atoms with Gasteiger partial charge in [-0.05, 0) is 49.9 Å². The van der Waals surface area contributed by atoms with E-state index < -0.39 is 0 Å². The van der Waals surface area contributed by atoms with Crippen LogP contribution < -0.4 is 10.1 Å². The number of hydrogen-bond acceptors (Lipinski definition) is 2. The molecule has 0 aliphatic carbocycles. The van der Waals surface area contributed by atoms with E-state index in [9.17, 15) is 4.79 Å². The van der Waals surface area contributed by atoms with Crippen LogP contribution in [-0.4, -0.2) is 18.1 Å². The van der Waals surface area contributed by atoms with Crippen molar-refractivity contribution in [1.29, 1.82) is 0 Å². The minimum atomic E-state index is -0.213. The molecule has 0 saturated heterocycles. The molecule has 0 aromatic heterocycles. The lowest BCUT2D eigenvalue weighted by Crippen LogP contribution is -2.46. The molecule has 21 heavy (non-hydrogen) atoms. The summed E-state index contributed by atoms with van der Waals surface area (Å²) < 4.78 is 5.53. The molecule has 0 aliphatic rings. The van der Waals surface area contributed by atoms with Crippen molar-refractivity contribution in [3.8, 4) is 5.75 Å². The minimum Gasteiger partial charge on any atom is -0.493 e. The number of nitrogens with one attached hydrogen (secondary N) is 1. The molecule has 0 aliphatic heterocycles. The maximum Gasteiger partial charge on any atom is 0.223 e. The summed E-state index contributed by atoms with van der Waals surface area (Å²) >= 11 is 5.80. The molecule has 4 heteroatoms. The van der Waals surface area contributed by atoms with Crippen molar-refractivity contribution < 1.29 is 9.53 Å². The van der Waals surface area contributed by atoms with Gasteiger partial charge < -0.3 is 10.1 Å². The lowest BCUT2D eigenvalue weighted by molar-refractivity contribution is -0.123. The van der Waals surface area contributed by atoms with Crippen LogP contribution in [0.1, 0.15) is 47.5 Å². The topological polar surface area (TPSA) is 38.3 Å². The van der Waals surface area contributed by atoms with E-state index in [0.717, 1.165) is 12.2 Å². The minimum absolute atomic E-state index is 0.0122. The maximum absolute atomic E-state index is 12.0. The fourth-order valence-electron chi connectivity index (χ4n) is 2.60. The van der Waals surface area contributed by atoms with Gasteiger partial charge >= 0.3 is 0 Å². The summed E-state index contributed by atoms with van der Waals surface area (Å²) in [5.41, 5.74) is -0.0355. The Balaban J connectivity index is 2.35. The third-order valence-corrected chi connectivity index (χ3v) is 3.11. The number of halogens is 1. The summed E-state index contributed by atoms with van der Waals surface area (Å²) in [7, 11) is 0. The lowest BCUT2D eigenvalue weighted by atomic mass is 9.82. The predicted octanol–water partition coefficient (Wildman–Crippen LogP) is 4.44. The average molecular weight is 312 g/mol. The first-order valence-electron chi connectivity index (χ1n) is 7.27. The predicted molar refractivity (Wildman–Crippen MR) is 87.9 cm³/mol. The summed E-state index contributed by atoms with van der Waals surface area (Å²) in [5, 5.41) is 3.74. The molecule has 1 rings (SSSR count). The van der Waals surface area contributed by atoms with Crippen LogP contribution in [0.4, 0.5) is 0 Å². The van der Waals surface area contributed by atoms with Crippen molar-refractivity contribution in [3.63, 3.8) is 0 Å². The fraction of sp³-hybridized carbons (Fsp3) is 0.588. The summed E-state index contributed by atoms with van der Waals surface area (Å²) in [6.45, 7) is 11.0. The summed E-state index contributed by atoms with van der Waals surface area (Å²) in [5.74, 6) is 0.736. The van der Waals surface area contributed by atoms with Crippen LogP contribution in [0.25, 0.3) is 0 Å². The van der Waals surface area contributed by atoms with E-state index in [1.807, 2.05) is 0 Å². The second-order valence-corrected chi connectivity index (χ2v) is 7.66. The lowest BCUT2D eigenvalue weighted by Gasteiger charge is -2.33. The highest BCUT2D eigenvalue weighted by Crippen LogP contribution is 2.26. The van der Waals surface area contributed by atoms with Crippen molar-refractivity contribution in [1.82, 2.24) is 5.32 Å². The maximum atomic E-state index is 12.0. The van der Waals surface area contributed by atoms with Gasteiger partial charge in [-0.25, -0.2) is 0 Å². The molecule has 1 amide bonds. The van der Waals surface area contributed by atoms with Gasteiger partial charge in [0.15, 0.2) is 0 Å². The molecule has 0 atom stereocenters. The average Bonchev–Trinajstić information content (AvgIpc) is 2.27. The Morgan fingerprint density at radius 1 is 1.14 bits per heavy atom. The van der Waals surface area contributed by atoms with Gasteiger partial charge in [0.2, 0.25) is 5.91 Å². The molecular formula is C17H26ClNO2. The standard InChI is InChI=1S/C17H26ClNO2/c1-16(2,3)12-17(4,5)19-15(20)10-11-21-14-8-6-13(18)7-9-14/h6-9H,10-12H2,1-5H3,(H,19,20). The Labute approximate surface area is 133 Å². The molecule has 1 N–H and O–H groups in total. The Kier molecular flexibility index (Phi) is 6.09. The van der Waals surface area contributed by atoms with E-state index >= 15 is 0 Å². The molecule has 0 heterocycles. The zero-order valence-electron chi connectivity index (χ0n) is 13.6. The van der Waals surface area contributed by atoms with E-state index in [-0.39, 0.29) is 16.9 Å². The van der Waals surface area contributed by atoms with Gasteiger partial charge in [-0.15, -0.1) is 0 Å². The van der Waals surface area contributed by atoms with Crippen molar-refractivity contribution in [2.45, 2.75) is 53.0 Å². The van der Waals surface area contributed by atoms with E-state index in [4.69, 9.17) is 16.3 Å². The zero-order chi connectivity index (χ0) is 16.1. The van der Waals surface area contributed by atoms with Gasteiger partial charge in [0.1, 0.15) is 5.75 Å². The van der Waals surface area contributed by atoms with Crippen LogP contribution in [0.3, 0.4) is 0 Å². The molecule has 3 nitrogen and oxygen atoms in total. The number of hydrogen-bond donors (Lipinski definition) is 1. The Bertz CT molecular complexity index is 461. The molecule has 0 saturated carbocycles. The van der Waals surface area contributed by atoms with Crippen LogP contribution in [-0.2, 0) is 4.79 Å². The van der Waals surface area contributed by atoms with Gasteiger partial charge in [0, 0.05) is 10.6 Å². The van der Waals surface area contributed by atoms with Crippen LogP contribution in [0.2, 0.25) is 5.02 Å². The van der Waals surface area contributed by atoms with Crippen LogP contribution in [0.15, 0.2) is 24.3 Å². The van der Waals surface area contributed by atoms with E-state index in [2.05, 4.69) is 39.9 Å². The monoisotopic (exact) mass is 311 g/mol. The van der Waals surface area contributed by atoms with Gasteiger partial charge in [-0.3, -0.25) is 4.79 Å². The highest BCUT2D eigenvalue weighted by molar-refractivity contribution is 6.30. The van der Waals surface area contributed by atoms with Crippen molar-refractivity contribution in [2.24, 2.45) is 5.41 Å². The molecule has 1 aromatic rings. The van der Waals surface area contributed by atoms with E-state index in [1.54, 1.807) is 24.3 Å². The largest absolute Gasteiger partial charge is 0.493 e. The van der Waals surface area contributed by atoms with Crippen molar-refractivity contribution >= 4 is 17.5 Å². The quantitative estimate of drug-likeness (QED) is 0.843. The number of ether oxygens (including phenoxy) is 1. The SMILES string of the molecule is CC(C)(C)CC(C)(C)NC(=O)CCOc1ccc(Cl)cc1. The smallest absolute Gasteiger partial charge is 0.223 e. The molecule has 0 spiro atoms. The highest BCUT2D eigenvalue weighted by Gasteiger charge is 2.26. The third kappa shape index (κ3) is 7.96. The van der Waals surface area contributed by atoms with Gasteiger partial charge in [-0.2, -0.15) is 0 Å². The third-order valence-electron chi connectivity index (χ3n) is 2.86. The van der Waals surface area contributed by atoms with Crippen LogP contribution >= 0.6 is 11.6 Å². The van der Waals surface area contributed by atoms with Crippen molar-refractivity contribution in [3.05, 3.63) is 29.3 Å². The van der Waals surface area contributed by atoms with E-state index in [1.165, 1.54) is 0 Å². The summed E-state index contributed by atoms with van der Waals surface area (Å²) in [6.07, 6.45) is 1.26. The number of rotatable bonds is 6. The Morgan fingerprint density at radius 2 is 1.71 bits per heavy atom. The molecular weight excluding hydrogens is 286 g/mol. The highest BCUT2D eigenvalue weighted by atomic mass is 35.5. The second kappa shape index (κ2) is 7.17.